The van der Waals surface area contributed by atoms with Gasteiger partial charge >= 0.3 is 24.5 Å². The van der Waals surface area contributed by atoms with E-state index in [1.807, 2.05) is 41.5 Å². The first-order valence-electron chi connectivity index (χ1n) is 48.2. The standard InChI is InChI=1S/C10H20.C9H20.C8H15F3.C8H18O.C8H16.2C8H18.C7H11F5.C7H13F3.C7H14F2.C7H15F.C7H16O.C7H16.C6H14/c1-10(2,3)8-7-9-5-4-6-9;1-8(2)6-7-9(3,4)5;1-7(2,3)5-4-6-8(9,10)11;1-8(2,3)6-5-7-9-4;1-8(2,3)6-7-4-5-7;1-7(2)6-8(3,4)5;1-5-6-7-8(2,3)4;1-5(2,3)4-6(8,9)7(10,11)12;1-6(2,3)4-5-7(8,9)10;1-7(2,3)5-4-6(8)9;2*1-7(2,3)5-4-6-8;1-5-6-7(2,3)4;1-5-6(2,3)4/h9H,4-8H2,1-3H3;8H,6-7H2,1-5H3;4-6H2,1-3H3;5-7H2,1-4H3;7H,4-6H2,1-3H3;7H,6H2,1-5H3;5-7H2,1-4H3;4H2,1-3H3;4-5H2,1-3H3;6H,4-5H2,1-3H3;4-6H2,1-3H3;8H,4-6H2,1-3H3;5-6H2,1-4H3;5H2,1-4H3. The Kier molecular flexibility index (Phi) is 84.7. The monoisotopic (exact) mass is 1810 g/mol. The summed E-state index contributed by atoms with van der Waals surface area (Å²) in [6.07, 6.45) is 13.7. The van der Waals surface area contributed by atoms with Crippen LogP contribution in [0.4, 0.5) is 61.5 Å². The lowest BCUT2D eigenvalue weighted by Crippen LogP contribution is -2.39. The summed E-state index contributed by atoms with van der Waals surface area (Å²) < 4.78 is 169. The topological polar surface area (TPSA) is 29.5 Å². The molecule has 123 heavy (non-hydrogen) atoms. The molecule has 2 aliphatic carbocycles. The normalized spacial score (nSPS) is 14.0. The van der Waals surface area contributed by atoms with Crippen LogP contribution < -0.4 is 0 Å². The maximum atomic E-state index is 12.3. The van der Waals surface area contributed by atoms with Crippen LogP contribution in [-0.4, -0.2) is 63.0 Å². The van der Waals surface area contributed by atoms with E-state index >= 15 is 0 Å². The SMILES string of the molecule is CC(C)(C)CC(F)(F)C(F)(F)F.CC(C)(C)CC1CC1.CC(C)(C)CCC(F)(F)F.CC(C)(C)CCC(F)F.CC(C)(C)CCC1CCC1.CC(C)(C)CCCC(F)(F)F.CC(C)(C)CCCF.CC(C)(C)CCCO.CC(C)CC(C)(C)C.CC(C)CCC(C)(C)C.CCC(C)(C)C.CCCC(C)(C)C.CCCCC(C)(C)C.COCCCC(C)(C)C. The van der Waals surface area contributed by atoms with Crippen molar-refractivity contribution in [1.29, 1.82) is 0 Å². The van der Waals surface area contributed by atoms with Crippen molar-refractivity contribution in [2.24, 2.45) is 99.5 Å². The van der Waals surface area contributed by atoms with E-state index in [9.17, 15) is 61.5 Å². The van der Waals surface area contributed by atoms with Crippen molar-refractivity contribution in [2.75, 3.05) is 27.0 Å². The third-order valence-electron chi connectivity index (χ3n) is 18.2. The first-order valence-corrected chi connectivity index (χ1v) is 48.2. The van der Waals surface area contributed by atoms with E-state index < -0.39 is 55.6 Å². The summed E-state index contributed by atoms with van der Waals surface area (Å²) in [5.74, 6) is -0.681. The highest BCUT2D eigenvalue weighted by Crippen LogP contribution is 2.44. The summed E-state index contributed by atoms with van der Waals surface area (Å²) in [5, 5.41) is 8.43. The number of ether oxygens (including phenoxy) is 1. The van der Waals surface area contributed by atoms with Crippen molar-refractivity contribution in [3.05, 3.63) is 0 Å². The maximum Gasteiger partial charge on any atom is 0.453 e. The highest BCUT2D eigenvalue weighted by atomic mass is 19.4. The number of halogens is 14. The Balaban J connectivity index is -0.000000108. The minimum atomic E-state index is -5.43. The summed E-state index contributed by atoms with van der Waals surface area (Å²) in [6, 6.07) is 0. The highest BCUT2D eigenvalue weighted by molar-refractivity contribution is 4.82. The average molecular weight is 1810 g/mol. The van der Waals surface area contributed by atoms with Crippen LogP contribution in [0.5, 0.6) is 0 Å². The van der Waals surface area contributed by atoms with Gasteiger partial charge in [-0.05, 0) is 209 Å². The highest BCUT2D eigenvalue weighted by Gasteiger charge is 2.58. The van der Waals surface area contributed by atoms with E-state index in [2.05, 4.69) is 256 Å². The Hall–Kier alpha value is -1.06. The minimum Gasteiger partial charge on any atom is -0.396 e. The number of alkyl halides is 14. The minimum absolute atomic E-state index is 0.0191. The van der Waals surface area contributed by atoms with Gasteiger partial charge in [-0.1, -0.05) is 403 Å². The van der Waals surface area contributed by atoms with Gasteiger partial charge in [0.15, 0.2) is 0 Å². The fourth-order valence-corrected chi connectivity index (χ4v) is 10.6. The van der Waals surface area contributed by atoms with Gasteiger partial charge < -0.3 is 9.84 Å². The van der Waals surface area contributed by atoms with E-state index in [0.717, 1.165) is 49.5 Å². The number of unbranched alkanes of at least 4 members (excludes halogenated alkanes) is 1. The van der Waals surface area contributed by atoms with Crippen LogP contribution in [0.15, 0.2) is 0 Å². The van der Waals surface area contributed by atoms with Crippen LogP contribution in [0.1, 0.15) is 538 Å². The quantitative estimate of drug-likeness (QED) is 0.0865. The van der Waals surface area contributed by atoms with Crippen LogP contribution >= 0.6 is 0 Å². The number of hydrogen-bond donors (Lipinski definition) is 1. The van der Waals surface area contributed by atoms with Gasteiger partial charge in [-0.25, -0.2) is 8.78 Å². The molecule has 0 aliphatic heterocycles. The maximum absolute atomic E-state index is 12.3. The first-order chi connectivity index (χ1) is 53.6. The van der Waals surface area contributed by atoms with Crippen molar-refractivity contribution >= 4 is 0 Å². The van der Waals surface area contributed by atoms with Crippen molar-refractivity contribution in [2.45, 2.75) is 569 Å². The van der Waals surface area contributed by atoms with Gasteiger partial charge in [0.1, 0.15) is 0 Å². The van der Waals surface area contributed by atoms with Gasteiger partial charge in [0.2, 0.25) is 6.43 Å². The second-order valence-corrected chi connectivity index (χ2v) is 53.2. The van der Waals surface area contributed by atoms with Crippen LogP contribution in [0, 0.1) is 99.5 Å². The average Bonchev–Trinajstić information content (AvgIpc) is 1.46. The molecule has 2 saturated carbocycles. The Labute approximate surface area is 763 Å². The van der Waals surface area contributed by atoms with Gasteiger partial charge in [0.25, 0.3) is 0 Å². The first kappa shape index (κ1) is 148. The third kappa shape index (κ3) is 194. The molecule has 2 nitrogen and oxygen atoms in total. The molecule has 0 atom stereocenters. The smallest absolute Gasteiger partial charge is 0.396 e. The number of rotatable bonds is 22. The molecule has 0 spiro atoms. The second-order valence-electron chi connectivity index (χ2n) is 53.2. The third-order valence-corrected chi connectivity index (χ3v) is 18.2. The Bertz CT molecular complexity index is 2100. The van der Waals surface area contributed by atoms with Gasteiger partial charge in [-0.3, -0.25) is 4.39 Å². The fourth-order valence-electron chi connectivity index (χ4n) is 10.6. The Morgan fingerprint density at radius 2 is 0.642 bits per heavy atom. The zero-order chi connectivity index (χ0) is 102. The van der Waals surface area contributed by atoms with Crippen LogP contribution in [0.2, 0.25) is 0 Å². The molecule has 0 unspecified atom stereocenters. The molecule has 0 aromatic heterocycles. The van der Waals surface area contributed by atoms with Crippen LogP contribution in [-0.2, 0) is 4.74 Å². The molecule has 762 valence electrons. The molecule has 2 fully saturated rings. The second kappa shape index (κ2) is 70.6. The van der Waals surface area contributed by atoms with Crippen molar-refractivity contribution in [1.82, 2.24) is 0 Å². The van der Waals surface area contributed by atoms with Gasteiger partial charge in [-0.15, -0.1) is 0 Å². The van der Waals surface area contributed by atoms with E-state index in [0.29, 0.717) is 80.0 Å². The predicted molar refractivity (Wildman–Crippen MR) is 523 cm³/mol. The fraction of sp³-hybridized carbons (Fsp3) is 1.00. The molecule has 0 aromatic carbocycles. The molecule has 1 N–H and O–H groups in total. The van der Waals surface area contributed by atoms with E-state index in [-0.39, 0.29) is 42.2 Å². The molecular weight excluding hydrogens is 1580 g/mol. The number of aliphatic hydroxyl groups excluding tert-OH is 1. The molecular formula is C107H224F14O2. The molecule has 2 aliphatic rings. The zero-order valence-corrected chi connectivity index (χ0v) is 92.1. The van der Waals surface area contributed by atoms with Crippen molar-refractivity contribution < 1.29 is 71.3 Å². The van der Waals surface area contributed by atoms with Gasteiger partial charge in [0, 0.05) is 46.0 Å². The Morgan fingerprint density at radius 1 is 0.317 bits per heavy atom. The molecule has 0 radical (unpaired) electrons. The lowest BCUT2D eigenvalue weighted by Gasteiger charge is -2.28. The molecule has 0 heterocycles. The van der Waals surface area contributed by atoms with Gasteiger partial charge in [-0.2, -0.15) is 48.3 Å². The number of aliphatic hydroxyl groups is 1. The molecule has 2 rings (SSSR count). The Morgan fingerprint density at radius 3 is 0.780 bits per heavy atom. The number of methoxy groups -OCH3 is 1. The largest absolute Gasteiger partial charge is 0.453 e. The van der Waals surface area contributed by atoms with Gasteiger partial charge in [0.05, 0.1) is 6.67 Å². The summed E-state index contributed by atoms with van der Waals surface area (Å²) >= 11 is 0. The summed E-state index contributed by atoms with van der Waals surface area (Å²) in [4.78, 5) is 0. The summed E-state index contributed by atoms with van der Waals surface area (Å²) in [5.41, 5.74) is 3.85. The van der Waals surface area contributed by atoms with E-state index in [1.165, 1.54) is 143 Å². The molecule has 0 amide bonds. The summed E-state index contributed by atoms with van der Waals surface area (Å²) in [6.45, 7) is 106. The van der Waals surface area contributed by atoms with Crippen LogP contribution in [0.3, 0.4) is 0 Å². The van der Waals surface area contributed by atoms with E-state index in [4.69, 9.17) is 9.84 Å². The molecule has 0 aromatic rings. The lowest BCUT2D eigenvalue weighted by molar-refractivity contribution is -0.291. The molecule has 0 saturated heterocycles. The molecule has 16 heteroatoms. The lowest BCUT2D eigenvalue weighted by atomic mass is 9.78. The predicted octanol–water partition coefficient (Wildman–Crippen LogP) is 42.4. The van der Waals surface area contributed by atoms with Crippen LogP contribution in [0.25, 0.3) is 0 Å². The summed E-state index contributed by atoms with van der Waals surface area (Å²) in [7, 11) is 1.75. The van der Waals surface area contributed by atoms with E-state index in [1.54, 1.807) is 27.9 Å². The number of hydrogen-bond acceptors (Lipinski definition) is 2. The molecule has 0 bridgehead atoms. The van der Waals surface area contributed by atoms with Crippen molar-refractivity contribution in [3.8, 4) is 0 Å². The zero-order valence-electron chi connectivity index (χ0n) is 92.1. The van der Waals surface area contributed by atoms with Crippen molar-refractivity contribution in [3.63, 3.8) is 0 Å².